The molecule has 1 aliphatic heterocycles. The van der Waals surface area contributed by atoms with E-state index in [0.717, 1.165) is 0 Å². The van der Waals surface area contributed by atoms with Crippen molar-refractivity contribution in [2.75, 3.05) is 13.7 Å². The molecule has 6 N–H and O–H groups in total. The molecule has 0 bridgehead atoms. The number of carbonyl (C=O) groups excluding carboxylic acids is 4. The molecule has 14 nitrogen and oxygen atoms in total. The number of fused-ring (bicyclic) bond motifs is 3. The third-order valence-corrected chi connectivity index (χ3v) is 8.70. The first-order valence-corrected chi connectivity index (χ1v) is 14.9. The average molecular weight is 642 g/mol. The zero-order valence-electron chi connectivity index (χ0n) is 25.2. The Hall–Kier alpha value is -4.37. The Balaban J connectivity index is 1.51. The van der Waals surface area contributed by atoms with Gasteiger partial charge in [-0.1, -0.05) is 12.1 Å². The smallest absolute Gasteiger partial charge is 0.306 e. The van der Waals surface area contributed by atoms with Crippen LogP contribution in [0.15, 0.2) is 18.2 Å². The van der Waals surface area contributed by atoms with Crippen LogP contribution in [0.4, 0.5) is 0 Å². The van der Waals surface area contributed by atoms with Crippen molar-refractivity contribution in [3.05, 3.63) is 51.6 Å². The fraction of sp³-hybridized carbons (Fsp3) is 0.469. The molecule has 1 fully saturated rings. The summed E-state index contributed by atoms with van der Waals surface area (Å²) in [5, 5.41) is 42.2. The number of ketones is 3. The largest absolute Gasteiger partial charge is 0.507 e. The van der Waals surface area contributed by atoms with Gasteiger partial charge in [0, 0.05) is 47.9 Å². The van der Waals surface area contributed by atoms with Crippen molar-refractivity contribution in [3.8, 4) is 17.2 Å². The van der Waals surface area contributed by atoms with E-state index in [4.69, 9.17) is 29.8 Å². The van der Waals surface area contributed by atoms with Gasteiger partial charge in [0.05, 0.1) is 42.1 Å². The van der Waals surface area contributed by atoms with E-state index in [1.807, 2.05) is 0 Å². The molecule has 0 spiro atoms. The molecular weight excluding hydrogens is 606 g/mol. The molecule has 3 aliphatic rings. The minimum atomic E-state index is -1.17. The van der Waals surface area contributed by atoms with Crippen molar-refractivity contribution < 1.29 is 63.3 Å². The molecule has 0 amide bonds. The van der Waals surface area contributed by atoms with E-state index in [1.54, 1.807) is 6.92 Å². The van der Waals surface area contributed by atoms with Crippen LogP contribution in [0.1, 0.15) is 88.1 Å². The summed E-state index contributed by atoms with van der Waals surface area (Å²) >= 11 is 0. The molecule has 0 unspecified atom stereocenters. The van der Waals surface area contributed by atoms with Crippen LogP contribution in [0.3, 0.4) is 0 Å². The predicted octanol–water partition coefficient (Wildman–Crippen LogP) is 1.69. The summed E-state index contributed by atoms with van der Waals surface area (Å²) in [7, 11) is 1.33. The normalized spacial score (nSPS) is 25.2. The van der Waals surface area contributed by atoms with E-state index in [1.165, 1.54) is 25.3 Å². The second-order valence-electron chi connectivity index (χ2n) is 11.7. The number of carbonyl (C=O) groups is 5. The number of nitrogens with two attached hydrogens (primary N) is 1. The van der Waals surface area contributed by atoms with Crippen molar-refractivity contribution in [1.82, 2.24) is 0 Å². The second kappa shape index (κ2) is 13.2. The van der Waals surface area contributed by atoms with Gasteiger partial charge in [-0.25, -0.2) is 0 Å². The van der Waals surface area contributed by atoms with Gasteiger partial charge in [-0.15, -0.1) is 0 Å². The molecule has 0 aromatic heterocycles. The van der Waals surface area contributed by atoms with Gasteiger partial charge in [-0.2, -0.15) is 0 Å². The molecule has 1 heterocycles. The third-order valence-electron chi connectivity index (χ3n) is 8.70. The van der Waals surface area contributed by atoms with E-state index < -0.39 is 95.1 Å². The Labute approximate surface area is 263 Å². The Bertz CT molecular complexity index is 1590. The van der Waals surface area contributed by atoms with E-state index in [-0.39, 0.29) is 66.5 Å². The van der Waals surface area contributed by atoms with Crippen molar-refractivity contribution >= 4 is 29.3 Å². The molecule has 14 heteroatoms. The van der Waals surface area contributed by atoms with Gasteiger partial charge in [0.2, 0.25) is 5.78 Å². The summed E-state index contributed by atoms with van der Waals surface area (Å²) in [5.74, 6) is -5.91. The molecule has 6 atom stereocenters. The highest BCUT2D eigenvalue weighted by Gasteiger charge is 2.45. The van der Waals surface area contributed by atoms with E-state index in [9.17, 15) is 39.3 Å². The summed E-state index contributed by atoms with van der Waals surface area (Å²) in [5.41, 5.74) is 5.10. The number of phenolic OH excluding ortho intramolecular Hbond substituents is 2. The topological polar surface area (TPSA) is 229 Å². The van der Waals surface area contributed by atoms with Gasteiger partial charge >= 0.3 is 11.9 Å². The minimum Gasteiger partial charge on any atom is -0.507 e. The summed E-state index contributed by atoms with van der Waals surface area (Å²) in [6.45, 7) is 0.954. The number of hydrogen-bond donors (Lipinski definition) is 5. The van der Waals surface area contributed by atoms with Crippen LogP contribution in [0.5, 0.6) is 17.2 Å². The van der Waals surface area contributed by atoms with Gasteiger partial charge in [-0.3, -0.25) is 24.0 Å². The molecule has 0 saturated carbocycles. The van der Waals surface area contributed by atoms with E-state index in [0.29, 0.717) is 0 Å². The number of aliphatic hydroxyl groups is 1. The number of esters is 1. The van der Waals surface area contributed by atoms with Crippen LogP contribution in [-0.2, 0) is 35.0 Å². The Morgan fingerprint density at radius 3 is 2.41 bits per heavy atom. The van der Waals surface area contributed by atoms with Crippen LogP contribution in [-0.4, -0.2) is 88.0 Å². The average Bonchev–Trinajstić information content (AvgIpc) is 3.02. The van der Waals surface area contributed by atoms with E-state index in [2.05, 4.69) is 0 Å². The van der Waals surface area contributed by atoms with Crippen molar-refractivity contribution in [2.24, 2.45) is 11.7 Å². The lowest BCUT2D eigenvalue weighted by Crippen LogP contribution is -2.52. The number of carboxylic acids is 1. The number of aliphatic carboxylic acids is 1. The highest BCUT2D eigenvalue weighted by atomic mass is 16.7. The maximum atomic E-state index is 13.8. The van der Waals surface area contributed by atoms with Crippen LogP contribution in [0.2, 0.25) is 0 Å². The highest BCUT2D eigenvalue weighted by Crippen LogP contribution is 2.51. The molecule has 2 aromatic rings. The van der Waals surface area contributed by atoms with Gasteiger partial charge in [-0.05, 0) is 32.3 Å². The zero-order chi connectivity index (χ0) is 33.4. The lowest BCUT2D eigenvalue weighted by atomic mass is 9.73. The van der Waals surface area contributed by atoms with Gasteiger partial charge in [0.1, 0.15) is 23.9 Å². The van der Waals surface area contributed by atoms with Crippen LogP contribution in [0, 0.1) is 5.92 Å². The number of aliphatic hydroxyl groups excluding tert-OH is 1. The predicted molar refractivity (Wildman–Crippen MR) is 156 cm³/mol. The van der Waals surface area contributed by atoms with Crippen LogP contribution >= 0.6 is 0 Å². The lowest BCUT2D eigenvalue weighted by Gasteiger charge is -2.40. The number of hydrogen-bond acceptors (Lipinski definition) is 13. The first-order valence-electron chi connectivity index (χ1n) is 14.9. The monoisotopic (exact) mass is 641 g/mol. The molecule has 1 saturated heterocycles. The fourth-order valence-electron chi connectivity index (χ4n) is 6.33. The number of rotatable bonds is 10. The van der Waals surface area contributed by atoms with Gasteiger partial charge in [0.25, 0.3) is 0 Å². The molecule has 246 valence electrons. The quantitative estimate of drug-likeness (QED) is 0.157. The number of phenols is 2. The first kappa shape index (κ1) is 33.0. The number of aromatic hydroxyl groups is 2. The number of methoxy groups -OCH3 is 1. The standard InChI is InChI=1S/C32H35NO13/c1-13-28(38)17(33)11-23(45-13)46-20-10-14(18(34)12-44-22(37)8-4-7-21(35)36)9-16-25(20)32(42)27-26(30(16)40)29(39)15-5-3-6-19(43-2)24(15)31(27)41/h3,5-6,13-14,17,20,23,28,38,40,42H,4,7-12,33H2,1-2H3,(H,35,36)/t13-,14+,17-,20-,23-,28+/m0/s1. The SMILES string of the molecule is COc1cccc2c1C(=O)c1c(O)c3c(c(O)c1C2=O)C[C@@H](C(=O)COC(=O)CCCC(=O)O)C[C@@H]3O[C@H]1C[C@H](N)[C@H](O)[C@H](C)O1. The molecule has 2 aliphatic carbocycles. The van der Waals surface area contributed by atoms with Crippen LogP contribution < -0.4 is 10.5 Å². The highest BCUT2D eigenvalue weighted by molar-refractivity contribution is 6.31. The molecular formula is C32H35NO13. The molecule has 0 radical (unpaired) electrons. The van der Waals surface area contributed by atoms with Crippen molar-refractivity contribution in [1.29, 1.82) is 0 Å². The second-order valence-corrected chi connectivity index (χ2v) is 11.7. The Morgan fingerprint density at radius 2 is 1.74 bits per heavy atom. The summed E-state index contributed by atoms with van der Waals surface area (Å²) in [6.07, 6.45) is -4.52. The van der Waals surface area contributed by atoms with Crippen molar-refractivity contribution in [2.45, 2.75) is 76.1 Å². The van der Waals surface area contributed by atoms with Gasteiger partial charge in [0.15, 0.2) is 17.9 Å². The Kier molecular flexibility index (Phi) is 9.44. The molecule has 5 rings (SSSR count). The maximum absolute atomic E-state index is 13.8. The third kappa shape index (κ3) is 6.08. The fourth-order valence-corrected chi connectivity index (χ4v) is 6.33. The number of Topliss-reactive ketones (excluding diaryl/α,β-unsaturated/α-hetero) is 1. The summed E-state index contributed by atoms with van der Waals surface area (Å²) < 4.78 is 22.4. The number of ether oxygens (including phenoxy) is 4. The number of benzene rings is 2. The van der Waals surface area contributed by atoms with Gasteiger partial charge < -0.3 is 45.1 Å². The molecule has 46 heavy (non-hydrogen) atoms. The van der Waals surface area contributed by atoms with E-state index >= 15 is 0 Å². The van der Waals surface area contributed by atoms with Crippen LogP contribution in [0.25, 0.3) is 0 Å². The summed E-state index contributed by atoms with van der Waals surface area (Å²) in [6, 6.07) is 3.69. The lowest BCUT2D eigenvalue weighted by molar-refractivity contribution is -0.243. The summed E-state index contributed by atoms with van der Waals surface area (Å²) in [4.78, 5) is 63.6. The molecule has 2 aromatic carbocycles. The maximum Gasteiger partial charge on any atom is 0.306 e. The zero-order valence-corrected chi connectivity index (χ0v) is 25.2. The number of carboxylic acid groups (broad SMARTS) is 1. The minimum absolute atomic E-state index is 0.000628. The van der Waals surface area contributed by atoms with Crippen molar-refractivity contribution in [3.63, 3.8) is 0 Å². The first-order chi connectivity index (χ1) is 21.8. The Morgan fingerprint density at radius 1 is 1.02 bits per heavy atom.